The summed E-state index contributed by atoms with van der Waals surface area (Å²) < 4.78 is 0. The second kappa shape index (κ2) is 9.16. The third kappa shape index (κ3) is 5.81. The van der Waals surface area contributed by atoms with Crippen LogP contribution in [-0.2, 0) is 11.3 Å². The number of rotatable bonds is 7. The Morgan fingerprint density at radius 1 is 1.11 bits per heavy atom. The number of aromatic nitrogens is 1. The molecule has 0 fully saturated rings. The first-order valence-electron chi connectivity index (χ1n) is 9.10. The second-order valence-corrected chi connectivity index (χ2v) is 6.92. The van der Waals surface area contributed by atoms with Crippen molar-refractivity contribution in [1.82, 2.24) is 15.6 Å². The van der Waals surface area contributed by atoms with Gasteiger partial charge >= 0.3 is 0 Å². The molecule has 27 heavy (non-hydrogen) atoms. The van der Waals surface area contributed by atoms with Crippen molar-refractivity contribution >= 4 is 11.8 Å². The van der Waals surface area contributed by atoms with Crippen molar-refractivity contribution in [2.24, 2.45) is 0 Å². The van der Waals surface area contributed by atoms with Gasteiger partial charge in [-0.3, -0.25) is 14.4 Å². The van der Waals surface area contributed by atoms with Crippen LogP contribution in [0.15, 0.2) is 35.1 Å². The first-order chi connectivity index (χ1) is 12.8. The Hall–Kier alpha value is -2.89. The van der Waals surface area contributed by atoms with Gasteiger partial charge in [0.2, 0.25) is 5.91 Å². The standard InChI is InChI=1S/C21H27N3O3/c1-13(9-10-22-16(4)25)17-5-7-18(8-6-17)20(26)23-12-19-14(2)11-15(3)24-21(19)27/h5-8,11,13H,9-10,12H2,1-4H3,(H,22,25)(H,23,26)(H,24,27). The first kappa shape index (κ1) is 20.4. The highest BCUT2D eigenvalue weighted by atomic mass is 16.2. The van der Waals surface area contributed by atoms with Crippen LogP contribution in [0.1, 0.15) is 58.9 Å². The zero-order chi connectivity index (χ0) is 20.0. The molecule has 0 aliphatic carbocycles. The van der Waals surface area contributed by atoms with Crippen LogP contribution in [0.25, 0.3) is 0 Å². The number of aromatic amines is 1. The van der Waals surface area contributed by atoms with Crippen LogP contribution in [0.4, 0.5) is 0 Å². The van der Waals surface area contributed by atoms with E-state index in [0.717, 1.165) is 23.2 Å². The Kier molecular flexibility index (Phi) is 6.93. The largest absolute Gasteiger partial charge is 0.356 e. The highest BCUT2D eigenvalue weighted by Gasteiger charge is 2.11. The Morgan fingerprint density at radius 3 is 2.37 bits per heavy atom. The quantitative estimate of drug-likeness (QED) is 0.700. The lowest BCUT2D eigenvalue weighted by Crippen LogP contribution is -2.27. The van der Waals surface area contributed by atoms with Crippen LogP contribution in [0.3, 0.4) is 0 Å². The molecule has 0 radical (unpaired) electrons. The van der Waals surface area contributed by atoms with E-state index in [2.05, 4.69) is 22.5 Å². The smallest absolute Gasteiger partial charge is 0.253 e. The van der Waals surface area contributed by atoms with Crippen molar-refractivity contribution in [3.8, 4) is 0 Å². The van der Waals surface area contributed by atoms with Crippen LogP contribution in [0, 0.1) is 13.8 Å². The van der Waals surface area contributed by atoms with E-state index < -0.39 is 0 Å². The van der Waals surface area contributed by atoms with Gasteiger partial charge in [0, 0.05) is 36.8 Å². The Balaban J connectivity index is 1.96. The Bertz CT molecular complexity index is 869. The minimum Gasteiger partial charge on any atom is -0.356 e. The van der Waals surface area contributed by atoms with Gasteiger partial charge in [-0.15, -0.1) is 0 Å². The maximum absolute atomic E-state index is 12.4. The molecule has 2 rings (SSSR count). The van der Waals surface area contributed by atoms with Crippen molar-refractivity contribution in [2.75, 3.05) is 6.54 Å². The normalized spacial score (nSPS) is 11.7. The van der Waals surface area contributed by atoms with Gasteiger partial charge in [-0.1, -0.05) is 19.1 Å². The van der Waals surface area contributed by atoms with E-state index in [-0.39, 0.29) is 29.8 Å². The SMILES string of the molecule is CC(=O)NCCC(C)c1ccc(C(=O)NCc2c(C)cc(C)[nH]c2=O)cc1. The number of pyridine rings is 1. The third-order valence-electron chi connectivity index (χ3n) is 4.61. The number of hydrogen-bond donors (Lipinski definition) is 3. The average molecular weight is 369 g/mol. The molecule has 144 valence electrons. The predicted octanol–water partition coefficient (Wildman–Crippen LogP) is 2.55. The van der Waals surface area contributed by atoms with E-state index in [0.29, 0.717) is 17.7 Å². The van der Waals surface area contributed by atoms with Crippen LogP contribution >= 0.6 is 0 Å². The van der Waals surface area contributed by atoms with Crippen LogP contribution < -0.4 is 16.2 Å². The number of carbonyl (C=O) groups excluding carboxylic acids is 2. The first-order valence-corrected chi connectivity index (χ1v) is 9.10. The van der Waals surface area contributed by atoms with E-state index >= 15 is 0 Å². The van der Waals surface area contributed by atoms with Gasteiger partial charge in [0.1, 0.15) is 0 Å². The van der Waals surface area contributed by atoms with Crippen molar-refractivity contribution in [1.29, 1.82) is 0 Å². The summed E-state index contributed by atoms with van der Waals surface area (Å²) in [6.07, 6.45) is 0.834. The molecule has 1 heterocycles. The monoisotopic (exact) mass is 369 g/mol. The summed E-state index contributed by atoms with van der Waals surface area (Å²) in [6.45, 7) is 8.10. The number of amides is 2. The molecule has 6 heteroatoms. The summed E-state index contributed by atoms with van der Waals surface area (Å²) >= 11 is 0. The lowest BCUT2D eigenvalue weighted by atomic mass is 9.96. The number of nitrogens with one attached hydrogen (secondary N) is 3. The number of H-pyrrole nitrogens is 1. The second-order valence-electron chi connectivity index (χ2n) is 6.92. The minimum atomic E-state index is -0.216. The van der Waals surface area contributed by atoms with Crippen molar-refractivity contribution in [2.45, 2.75) is 46.6 Å². The van der Waals surface area contributed by atoms with Gasteiger partial charge in [0.25, 0.3) is 11.5 Å². The Morgan fingerprint density at radius 2 is 1.78 bits per heavy atom. The molecule has 0 saturated carbocycles. The molecule has 2 amide bonds. The molecule has 1 aromatic heterocycles. The van der Waals surface area contributed by atoms with Gasteiger partial charge in [0.15, 0.2) is 0 Å². The van der Waals surface area contributed by atoms with E-state index in [9.17, 15) is 14.4 Å². The number of hydrogen-bond acceptors (Lipinski definition) is 3. The third-order valence-corrected chi connectivity index (χ3v) is 4.61. The topological polar surface area (TPSA) is 91.1 Å². The minimum absolute atomic E-state index is 0.0307. The number of benzene rings is 1. The van der Waals surface area contributed by atoms with E-state index in [4.69, 9.17) is 0 Å². The molecular weight excluding hydrogens is 342 g/mol. The molecule has 2 aromatic rings. The Labute approximate surface area is 159 Å². The molecule has 0 aliphatic rings. The molecular formula is C21H27N3O3. The molecule has 1 aromatic carbocycles. The molecule has 1 unspecified atom stereocenters. The summed E-state index contributed by atoms with van der Waals surface area (Å²) in [5, 5.41) is 5.59. The fourth-order valence-corrected chi connectivity index (χ4v) is 2.97. The molecule has 0 bridgehead atoms. The average Bonchev–Trinajstić information content (AvgIpc) is 2.60. The van der Waals surface area contributed by atoms with Gasteiger partial charge in [-0.2, -0.15) is 0 Å². The lowest BCUT2D eigenvalue weighted by molar-refractivity contribution is -0.118. The highest BCUT2D eigenvalue weighted by Crippen LogP contribution is 2.19. The summed E-state index contributed by atoms with van der Waals surface area (Å²) in [7, 11) is 0. The molecule has 0 saturated heterocycles. The highest BCUT2D eigenvalue weighted by molar-refractivity contribution is 5.94. The number of aryl methyl sites for hydroxylation is 2. The summed E-state index contributed by atoms with van der Waals surface area (Å²) in [5.41, 5.74) is 3.72. The number of carbonyl (C=O) groups is 2. The zero-order valence-corrected chi connectivity index (χ0v) is 16.3. The zero-order valence-electron chi connectivity index (χ0n) is 16.3. The van der Waals surface area contributed by atoms with Crippen LogP contribution in [-0.4, -0.2) is 23.3 Å². The molecule has 6 nitrogen and oxygen atoms in total. The van der Waals surface area contributed by atoms with Gasteiger partial charge in [-0.25, -0.2) is 0 Å². The molecule has 3 N–H and O–H groups in total. The lowest BCUT2D eigenvalue weighted by Gasteiger charge is -2.13. The fourth-order valence-electron chi connectivity index (χ4n) is 2.97. The van der Waals surface area contributed by atoms with E-state index in [1.165, 1.54) is 6.92 Å². The summed E-state index contributed by atoms with van der Waals surface area (Å²) in [6, 6.07) is 9.31. The van der Waals surface area contributed by atoms with Gasteiger partial charge < -0.3 is 15.6 Å². The maximum atomic E-state index is 12.4. The fraction of sp³-hybridized carbons (Fsp3) is 0.381. The van der Waals surface area contributed by atoms with Gasteiger partial charge in [0.05, 0.1) is 0 Å². The van der Waals surface area contributed by atoms with E-state index in [1.807, 2.05) is 32.0 Å². The van der Waals surface area contributed by atoms with Crippen molar-refractivity contribution in [3.63, 3.8) is 0 Å². The molecule has 0 aliphatic heterocycles. The van der Waals surface area contributed by atoms with Crippen molar-refractivity contribution in [3.05, 3.63) is 68.6 Å². The summed E-state index contributed by atoms with van der Waals surface area (Å²) in [4.78, 5) is 38.1. The van der Waals surface area contributed by atoms with Gasteiger partial charge in [-0.05, 0) is 55.5 Å². The van der Waals surface area contributed by atoms with Crippen LogP contribution in [0.5, 0.6) is 0 Å². The predicted molar refractivity (Wildman–Crippen MR) is 106 cm³/mol. The molecule has 1 atom stereocenters. The van der Waals surface area contributed by atoms with Crippen molar-refractivity contribution < 1.29 is 9.59 Å². The summed E-state index contributed by atoms with van der Waals surface area (Å²) in [5.74, 6) is 0.0337. The molecule has 0 spiro atoms. The maximum Gasteiger partial charge on any atom is 0.253 e. The van der Waals surface area contributed by atoms with Crippen LogP contribution in [0.2, 0.25) is 0 Å². The van der Waals surface area contributed by atoms with E-state index in [1.54, 1.807) is 12.1 Å².